The van der Waals surface area contributed by atoms with Crippen LogP contribution in [0, 0.1) is 5.41 Å². The number of rotatable bonds is 8. The van der Waals surface area contributed by atoms with Gasteiger partial charge in [-0.15, -0.1) is 24.0 Å². The van der Waals surface area contributed by atoms with Crippen molar-refractivity contribution < 1.29 is 4.74 Å². The molecule has 0 heterocycles. The molecular weight excluding hydrogens is 353 g/mol. The molecule has 0 atom stereocenters. The van der Waals surface area contributed by atoms with E-state index in [1.54, 1.807) is 0 Å². The molecule has 4 nitrogen and oxygen atoms in total. The summed E-state index contributed by atoms with van der Waals surface area (Å²) < 4.78 is 5.46. The third-order valence-electron chi connectivity index (χ3n) is 3.77. The van der Waals surface area contributed by atoms with Crippen LogP contribution in [-0.4, -0.2) is 38.3 Å². The highest BCUT2D eigenvalue weighted by Gasteiger charge is 2.42. The maximum atomic E-state index is 5.46. The van der Waals surface area contributed by atoms with Crippen molar-refractivity contribution >= 4 is 29.9 Å². The molecular formula is C14H28IN3O. The predicted octanol–water partition coefficient (Wildman–Crippen LogP) is 2.53. The number of nitrogens with zero attached hydrogens (tertiary/aromatic N) is 1. The first kappa shape index (κ1) is 17.0. The third kappa shape index (κ3) is 6.29. The molecule has 2 aliphatic rings. The molecule has 112 valence electrons. The Bertz CT molecular complexity index is 288. The van der Waals surface area contributed by atoms with E-state index in [1.165, 1.54) is 25.7 Å². The Kier molecular flexibility index (Phi) is 7.42. The van der Waals surface area contributed by atoms with Gasteiger partial charge < -0.3 is 15.4 Å². The third-order valence-corrected chi connectivity index (χ3v) is 3.77. The summed E-state index contributed by atoms with van der Waals surface area (Å²) in [6.45, 7) is 7.77. The predicted molar refractivity (Wildman–Crippen MR) is 90.3 cm³/mol. The molecule has 0 aromatic rings. The van der Waals surface area contributed by atoms with Crippen LogP contribution < -0.4 is 10.6 Å². The van der Waals surface area contributed by atoms with Gasteiger partial charge in [0, 0.05) is 32.3 Å². The average molecular weight is 381 g/mol. The molecule has 0 aliphatic heterocycles. The molecule has 2 N–H and O–H groups in total. The number of hydrogen-bond donors (Lipinski definition) is 2. The first-order valence-corrected chi connectivity index (χ1v) is 7.40. The van der Waals surface area contributed by atoms with Gasteiger partial charge >= 0.3 is 0 Å². The minimum Gasteiger partial charge on any atom is -0.382 e. The van der Waals surface area contributed by atoms with E-state index in [0.29, 0.717) is 11.5 Å². The Morgan fingerprint density at radius 2 is 2.05 bits per heavy atom. The fraction of sp³-hybridized carbons (Fsp3) is 0.929. The van der Waals surface area contributed by atoms with Crippen LogP contribution in [0.15, 0.2) is 4.99 Å². The zero-order valence-corrected chi connectivity index (χ0v) is 14.5. The fourth-order valence-corrected chi connectivity index (χ4v) is 2.08. The Morgan fingerprint density at radius 3 is 2.58 bits per heavy atom. The molecule has 0 amide bonds. The van der Waals surface area contributed by atoms with Gasteiger partial charge in [0.05, 0.1) is 0 Å². The normalized spacial score (nSPS) is 20.6. The van der Waals surface area contributed by atoms with Crippen LogP contribution in [0.4, 0.5) is 0 Å². The van der Waals surface area contributed by atoms with Gasteiger partial charge in [-0.3, -0.25) is 4.99 Å². The molecule has 5 heteroatoms. The van der Waals surface area contributed by atoms with Crippen molar-refractivity contribution in [1.29, 1.82) is 0 Å². The van der Waals surface area contributed by atoms with Gasteiger partial charge in [0.1, 0.15) is 0 Å². The highest BCUT2D eigenvalue weighted by Crippen LogP contribution is 2.49. The van der Waals surface area contributed by atoms with Crippen LogP contribution >= 0.6 is 24.0 Å². The SMILES string of the molecule is CCNC(=NCC1(CCOCC)CC1)NC1CC1.I. The number of ether oxygens (including phenoxy) is 1. The smallest absolute Gasteiger partial charge is 0.191 e. The Labute approximate surface area is 134 Å². The van der Waals surface area contributed by atoms with Crippen LogP contribution in [0.25, 0.3) is 0 Å². The Hall–Kier alpha value is -0.0400. The largest absolute Gasteiger partial charge is 0.382 e. The molecule has 2 fully saturated rings. The standard InChI is InChI=1S/C14H27N3O.HI/c1-3-15-13(17-12-5-6-12)16-11-14(7-8-14)9-10-18-4-2;/h12H,3-11H2,1-2H3,(H2,15,16,17);1H. The molecule has 0 unspecified atom stereocenters. The Balaban J connectivity index is 0.00000180. The lowest BCUT2D eigenvalue weighted by Crippen LogP contribution is -2.39. The first-order valence-electron chi connectivity index (χ1n) is 7.40. The molecule has 0 aromatic carbocycles. The summed E-state index contributed by atoms with van der Waals surface area (Å²) in [5.41, 5.74) is 0.446. The maximum Gasteiger partial charge on any atom is 0.191 e. The van der Waals surface area contributed by atoms with E-state index in [4.69, 9.17) is 9.73 Å². The van der Waals surface area contributed by atoms with Crippen molar-refractivity contribution in [3.63, 3.8) is 0 Å². The quantitative estimate of drug-likeness (QED) is 0.294. The van der Waals surface area contributed by atoms with Crippen molar-refractivity contribution in [1.82, 2.24) is 10.6 Å². The highest BCUT2D eigenvalue weighted by molar-refractivity contribution is 14.0. The van der Waals surface area contributed by atoms with Gasteiger partial charge in [-0.2, -0.15) is 0 Å². The average Bonchev–Trinajstić information content (AvgIpc) is 3.24. The van der Waals surface area contributed by atoms with E-state index < -0.39 is 0 Å². The van der Waals surface area contributed by atoms with E-state index in [9.17, 15) is 0 Å². The minimum atomic E-state index is 0. The lowest BCUT2D eigenvalue weighted by Gasteiger charge is -2.15. The van der Waals surface area contributed by atoms with Crippen LogP contribution in [0.2, 0.25) is 0 Å². The van der Waals surface area contributed by atoms with Crippen molar-refractivity contribution in [3.05, 3.63) is 0 Å². The second-order valence-corrected chi connectivity index (χ2v) is 5.56. The Morgan fingerprint density at radius 1 is 1.32 bits per heavy atom. The summed E-state index contributed by atoms with van der Waals surface area (Å²) in [5, 5.41) is 6.80. The lowest BCUT2D eigenvalue weighted by molar-refractivity contribution is 0.129. The summed E-state index contributed by atoms with van der Waals surface area (Å²) in [6, 6.07) is 0.668. The van der Waals surface area contributed by atoms with Gasteiger partial charge in [-0.1, -0.05) is 0 Å². The van der Waals surface area contributed by atoms with Crippen LogP contribution in [0.1, 0.15) is 46.0 Å². The van der Waals surface area contributed by atoms with Gasteiger partial charge in [0.25, 0.3) is 0 Å². The van der Waals surface area contributed by atoms with E-state index in [0.717, 1.165) is 38.7 Å². The van der Waals surface area contributed by atoms with Crippen molar-refractivity contribution in [2.75, 3.05) is 26.3 Å². The first-order chi connectivity index (χ1) is 8.78. The summed E-state index contributed by atoms with van der Waals surface area (Å²) in [4.78, 5) is 4.75. The number of guanidine groups is 1. The van der Waals surface area contributed by atoms with Crippen LogP contribution in [0.3, 0.4) is 0 Å². The van der Waals surface area contributed by atoms with E-state index in [2.05, 4.69) is 24.5 Å². The van der Waals surface area contributed by atoms with Crippen molar-refractivity contribution in [2.45, 2.75) is 52.0 Å². The topological polar surface area (TPSA) is 45.7 Å². The lowest BCUT2D eigenvalue weighted by atomic mass is 10.0. The maximum absolute atomic E-state index is 5.46. The second kappa shape index (κ2) is 8.29. The molecule has 2 saturated carbocycles. The van der Waals surface area contributed by atoms with E-state index in [-0.39, 0.29) is 24.0 Å². The minimum absolute atomic E-state index is 0. The molecule has 0 aromatic heterocycles. The molecule has 0 spiro atoms. The molecule has 19 heavy (non-hydrogen) atoms. The van der Waals surface area contributed by atoms with Gasteiger partial charge in [0.15, 0.2) is 5.96 Å². The summed E-state index contributed by atoms with van der Waals surface area (Å²) >= 11 is 0. The van der Waals surface area contributed by atoms with E-state index in [1.807, 2.05) is 0 Å². The van der Waals surface area contributed by atoms with Crippen molar-refractivity contribution in [3.8, 4) is 0 Å². The zero-order valence-electron chi connectivity index (χ0n) is 12.2. The van der Waals surface area contributed by atoms with Crippen LogP contribution in [0.5, 0.6) is 0 Å². The second-order valence-electron chi connectivity index (χ2n) is 5.56. The van der Waals surface area contributed by atoms with Crippen LogP contribution in [-0.2, 0) is 4.74 Å². The van der Waals surface area contributed by atoms with Gasteiger partial charge in [-0.25, -0.2) is 0 Å². The number of halogens is 1. The molecule has 2 aliphatic carbocycles. The number of nitrogens with one attached hydrogen (secondary N) is 2. The van der Waals surface area contributed by atoms with Gasteiger partial charge in [0.2, 0.25) is 0 Å². The number of hydrogen-bond acceptors (Lipinski definition) is 2. The summed E-state index contributed by atoms with van der Waals surface area (Å²) in [7, 11) is 0. The monoisotopic (exact) mass is 381 g/mol. The zero-order chi connectivity index (χ0) is 12.8. The van der Waals surface area contributed by atoms with Crippen molar-refractivity contribution in [2.24, 2.45) is 10.4 Å². The molecule has 0 saturated heterocycles. The highest BCUT2D eigenvalue weighted by atomic mass is 127. The summed E-state index contributed by atoms with van der Waals surface area (Å²) in [5.74, 6) is 1.00. The number of aliphatic imine (C=N–C) groups is 1. The van der Waals surface area contributed by atoms with Gasteiger partial charge in [-0.05, 0) is 51.4 Å². The molecule has 2 rings (SSSR count). The summed E-state index contributed by atoms with van der Waals surface area (Å²) in [6.07, 6.45) is 6.37. The van der Waals surface area contributed by atoms with E-state index >= 15 is 0 Å². The fourth-order valence-electron chi connectivity index (χ4n) is 2.08. The molecule has 0 radical (unpaired) electrons. The molecule has 0 bridgehead atoms.